The minimum Gasteiger partial charge on any atom is -0.483 e. The molecule has 0 saturated carbocycles. The van der Waals surface area contributed by atoms with E-state index in [4.69, 9.17) is 17.0 Å². The number of nitrogens with one attached hydrogen (secondary N) is 1. The van der Waals surface area contributed by atoms with Gasteiger partial charge in [0.25, 0.3) is 0 Å². The SMILES string of the molecule is CCCCN/C(=C\C(=S)OCCC)c1ccccc1. The molecule has 104 valence electrons. The van der Waals surface area contributed by atoms with Gasteiger partial charge in [-0.15, -0.1) is 0 Å². The van der Waals surface area contributed by atoms with E-state index >= 15 is 0 Å². The van der Waals surface area contributed by atoms with Crippen molar-refractivity contribution in [2.24, 2.45) is 0 Å². The molecule has 0 atom stereocenters. The van der Waals surface area contributed by atoms with Crippen LogP contribution in [0.1, 0.15) is 38.7 Å². The molecule has 1 rings (SSSR count). The second-order valence-electron chi connectivity index (χ2n) is 4.37. The molecule has 0 bridgehead atoms. The zero-order chi connectivity index (χ0) is 13.9. The van der Waals surface area contributed by atoms with Gasteiger partial charge in [-0.2, -0.15) is 0 Å². The molecule has 2 nitrogen and oxygen atoms in total. The van der Waals surface area contributed by atoms with Gasteiger partial charge < -0.3 is 10.1 Å². The summed E-state index contributed by atoms with van der Waals surface area (Å²) in [5.41, 5.74) is 2.18. The third-order valence-electron chi connectivity index (χ3n) is 2.64. The van der Waals surface area contributed by atoms with Crippen molar-refractivity contribution in [1.29, 1.82) is 0 Å². The highest BCUT2D eigenvalue weighted by Gasteiger charge is 2.02. The third kappa shape index (κ3) is 6.39. The van der Waals surface area contributed by atoms with Gasteiger partial charge in [0.15, 0.2) is 5.05 Å². The summed E-state index contributed by atoms with van der Waals surface area (Å²) in [4.78, 5) is 0. The van der Waals surface area contributed by atoms with Crippen molar-refractivity contribution in [2.45, 2.75) is 33.1 Å². The zero-order valence-corrected chi connectivity index (χ0v) is 12.6. The van der Waals surface area contributed by atoms with Gasteiger partial charge in [-0.05, 0) is 30.6 Å². The predicted molar refractivity (Wildman–Crippen MR) is 86.2 cm³/mol. The second kappa shape index (κ2) is 9.56. The summed E-state index contributed by atoms with van der Waals surface area (Å²) in [5, 5.41) is 3.98. The van der Waals surface area contributed by atoms with Crippen LogP contribution in [0.25, 0.3) is 5.70 Å². The molecule has 1 N–H and O–H groups in total. The van der Waals surface area contributed by atoms with Gasteiger partial charge in [-0.3, -0.25) is 0 Å². The van der Waals surface area contributed by atoms with Crippen LogP contribution in [0.5, 0.6) is 0 Å². The molecule has 0 heterocycles. The first-order valence-corrected chi connectivity index (χ1v) is 7.36. The van der Waals surface area contributed by atoms with Crippen LogP contribution < -0.4 is 5.32 Å². The van der Waals surface area contributed by atoms with E-state index in [9.17, 15) is 0 Å². The van der Waals surface area contributed by atoms with E-state index < -0.39 is 0 Å². The maximum atomic E-state index is 5.46. The molecular weight excluding hydrogens is 254 g/mol. The first-order chi connectivity index (χ1) is 9.27. The molecule has 0 aromatic heterocycles. The van der Waals surface area contributed by atoms with E-state index in [0.717, 1.165) is 30.6 Å². The monoisotopic (exact) mass is 277 g/mol. The predicted octanol–water partition coefficient (Wildman–Crippen LogP) is 4.17. The van der Waals surface area contributed by atoms with Gasteiger partial charge >= 0.3 is 0 Å². The van der Waals surface area contributed by atoms with Crippen molar-refractivity contribution < 1.29 is 4.74 Å². The molecule has 0 saturated heterocycles. The van der Waals surface area contributed by atoms with Crippen molar-refractivity contribution in [1.82, 2.24) is 5.32 Å². The normalized spacial score (nSPS) is 11.2. The van der Waals surface area contributed by atoms with Crippen LogP contribution in [0.4, 0.5) is 0 Å². The molecule has 1 aromatic carbocycles. The van der Waals surface area contributed by atoms with Crippen molar-refractivity contribution in [3.63, 3.8) is 0 Å². The van der Waals surface area contributed by atoms with Crippen LogP contribution in [0.3, 0.4) is 0 Å². The fourth-order valence-corrected chi connectivity index (χ4v) is 1.82. The third-order valence-corrected chi connectivity index (χ3v) is 2.88. The Morgan fingerprint density at radius 2 is 1.95 bits per heavy atom. The van der Waals surface area contributed by atoms with E-state index in [1.165, 1.54) is 6.42 Å². The summed E-state index contributed by atoms with van der Waals surface area (Å²) in [7, 11) is 0. The lowest BCUT2D eigenvalue weighted by atomic mass is 10.1. The van der Waals surface area contributed by atoms with Crippen LogP contribution in [-0.4, -0.2) is 18.2 Å². The highest BCUT2D eigenvalue weighted by Crippen LogP contribution is 2.11. The fourth-order valence-electron chi connectivity index (χ4n) is 1.62. The van der Waals surface area contributed by atoms with Gasteiger partial charge in [0.1, 0.15) is 0 Å². The van der Waals surface area contributed by atoms with Crippen LogP contribution in [0.2, 0.25) is 0 Å². The lowest BCUT2D eigenvalue weighted by molar-refractivity contribution is 0.315. The maximum absolute atomic E-state index is 5.46. The highest BCUT2D eigenvalue weighted by atomic mass is 32.1. The smallest absolute Gasteiger partial charge is 0.185 e. The number of benzene rings is 1. The Balaban J connectivity index is 2.74. The van der Waals surface area contributed by atoms with Gasteiger partial charge in [0.2, 0.25) is 0 Å². The van der Waals surface area contributed by atoms with Gasteiger partial charge in [-0.1, -0.05) is 50.6 Å². The van der Waals surface area contributed by atoms with E-state index in [-0.39, 0.29) is 0 Å². The molecule has 0 fully saturated rings. The lowest BCUT2D eigenvalue weighted by Gasteiger charge is -2.12. The number of hydrogen-bond donors (Lipinski definition) is 1. The molecule has 1 aromatic rings. The first-order valence-electron chi connectivity index (χ1n) is 6.95. The molecule has 0 radical (unpaired) electrons. The largest absolute Gasteiger partial charge is 0.483 e. The summed E-state index contributed by atoms with van der Waals surface area (Å²) in [6.45, 7) is 5.88. The van der Waals surface area contributed by atoms with Crippen molar-refractivity contribution >= 4 is 23.0 Å². The van der Waals surface area contributed by atoms with Crippen molar-refractivity contribution in [3.05, 3.63) is 42.0 Å². The Morgan fingerprint density at radius 1 is 1.21 bits per heavy atom. The topological polar surface area (TPSA) is 21.3 Å². The van der Waals surface area contributed by atoms with Gasteiger partial charge in [0.05, 0.1) is 6.61 Å². The fraction of sp³-hybridized carbons (Fsp3) is 0.438. The lowest BCUT2D eigenvalue weighted by Crippen LogP contribution is -2.15. The summed E-state index contributed by atoms with van der Waals surface area (Å²) < 4.78 is 5.46. The Morgan fingerprint density at radius 3 is 2.58 bits per heavy atom. The number of rotatable bonds is 8. The van der Waals surface area contributed by atoms with Crippen molar-refractivity contribution in [3.8, 4) is 0 Å². The zero-order valence-electron chi connectivity index (χ0n) is 11.8. The summed E-state index contributed by atoms with van der Waals surface area (Å²) in [6.07, 6.45) is 5.20. The summed E-state index contributed by atoms with van der Waals surface area (Å²) in [6, 6.07) is 10.2. The molecule has 0 spiro atoms. The van der Waals surface area contributed by atoms with E-state index in [0.29, 0.717) is 11.7 Å². The minimum atomic E-state index is 0.546. The van der Waals surface area contributed by atoms with Gasteiger partial charge in [-0.25, -0.2) is 0 Å². The Labute approximate surface area is 121 Å². The molecule has 0 aliphatic heterocycles. The van der Waals surface area contributed by atoms with Crippen LogP contribution >= 0.6 is 12.2 Å². The number of hydrogen-bond acceptors (Lipinski definition) is 3. The molecule has 19 heavy (non-hydrogen) atoms. The van der Waals surface area contributed by atoms with Crippen LogP contribution in [0, 0.1) is 0 Å². The van der Waals surface area contributed by atoms with Crippen LogP contribution in [0.15, 0.2) is 36.4 Å². The van der Waals surface area contributed by atoms with Gasteiger partial charge in [0, 0.05) is 18.3 Å². The van der Waals surface area contributed by atoms with E-state index in [1.54, 1.807) is 0 Å². The number of ether oxygens (including phenoxy) is 1. The standard InChI is InChI=1S/C16H23NOS/c1-3-5-11-17-15(13-16(19)18-12-4-2)14-9-7-6-8-10-14/h6-10,13,17H,3-5,11-12H2,1-2H3/b15-13-. The molecule has 3 heteroatoms. The molecular formula is C16H23NOS. The molecule has 0 amide bonds. The highest BCUT2D eigenvalue weighted by molar-refractivity contribution is 7.80. The Kier molecular flexibility index (Phi) is 7.91. The van der Waals surface area contributed by atoms with E-state index in [1.807, 2.05) is 24.3 Å². The first kappa shape index (κ1) is 15.7. The average molecular weight is 277 g/mol. The quantitative estimate of drug-likeness (QED) is 0.438. The molecule has 0 unspecified atom stereocenters. The Hall–Kier alpha value is -1.35. The molecule has 0 aliphatic rings. The number of unbranched alkanes of at least 4 members (excludes halogenated alkanes) is 1. The van der Waals surface area contributed by atoms with Crippen LogP contribution in [-0.2, 0) is 4.74 Å². The molecule has 0 aliphatic carbocycles. The maximum Gasteiger partial charge on any atom is 0.185 e. The Bertz CT molecular complexity index is 400. The minimum absolute atomic E-state index is 0.546. The summed E-state index contributed by atoms with van der Waals surface area (Å²) >= 11 is 5.24. The average Bonchev–Trinajstić information content (AvgIpc) is 2.45. The number of thiocarbonyl (C=S) groups is 1. The summed E-state index contributed by atoms with van der Waals surface area (Å²) in [5.74, 6) is 0. The van der Waals surface area contributed by atoms with E-state index in [2.05, 4.69) is 31.3 Å². The second-order valence-corrected chi connectivity index (χ2v) is 4.77. The van der Waals surface area contributed by atoms with Crippen molar-refractivity contribution in [2.75, 3.05) is 13.2 Å².